The van der Waals surface area contributed by atoms with Gasteiger partial charge in [0.05, 0.1) is 5.92 Å². The molecule has 0 radical (unpaired) electrons. The van der Waals surface area contributed by atoms with Crippen LogP contribution in [0.3, 0.4) is 0 Å². The molecule has 3 unspecified atom stereocenters. The standard InChI is InChI=1S/C8H12O5/c1-8(2)3(4(8)6(10)11)5(9)7(12)13/h3-5,9H,1-2H3,(H,10,11)(H,12,13). The van der Waals surface area contributed by atoms with Crippen molar-refractivity contribution in [1.82, 2.24) is 0 Å². The van der Waals surface area contributed by atoms with E-state index >= 15 is 0 Å². The highest BCUT2D eigenvalue weighted by Crippen LogP contribution is 2.59. The molecule has 74 valence electrons. The molecular formula is C8H12O5. The Bertz CT molecular complexity index is 257. The Morgan fingerprint density at radius 2 is 1.77 bits per heavy atom. The van der Waals surface area contributed by atoms with Gasteiger partial charge in [-0.15, -0.1) is 0 Å². The summed E-state index contributed by atoms with van der Waals surface area (Å²) in [6, 6.07) is 0. The molecular weight excluding hydrogens is 176 g/mol. The molecule has 1 saturated carbocycles. The van der Waals surface area contributed by atoms with E-state index in [-0.39, 0.29) is 0 Å². The Morgan fingerprint density at radius 3 is 2.00 bits per heavy atom. The van der Waals surface area contributed by atoms with Crippen LogP contribution in [0.15, 0.2) is 0 Å². The SMILES string of the molecule is CC1(C)C(C(=O)O)C1C(O)C(=O)O. The number of carboxylic acids is 2. The molecule has 1 aliphatic carbocycles. The van der Waals surface area contributed by atoms with E-state index in [1.54, 1.807) is 13.8 Å². The minimum absolute atomic E-state index is 0.621. The molecule has 5 heteroatoms. The summed E-state index contributed by atoms with van der Waals surface area (Å²) >= 11 is 0. The number of hydrogen-bond acceptors (Lipinski definition) is 3. The van der Waals surface area contributed by atoms with Gasteiger partial charge in [-0.25, -0.2) is 4.79 Å². The largest absolute Gasteiger partial charge is 0.481 e. The fraction of sp³-hybridized carbons (Fsp3) is 0.750. The van der Waals surface area contributed by atoms with E-state index in [2.05, 4.69) is 0 Å². The van der Waals surface area contributed by atoms with Gasteiger partial charge in [-0.05, 0) is 5.41 Å². The third-order valence-electron chi connectivity index (χ3n) is 2.77. The van der Waals surface area contributed by atoms with Gasteiger partial charge in [0, 0.05) is 5.92 Å². The van der Waals surface area contributed by atoms with Gasteiger partial charge >= 0.3 is 11.9 Å². The van der Waals surface area contributed by atoms with Gasteiger partial charge in [0.15, 0.2) is 6.10 Å². The van der Waals surface area contributed by atoms with Crippen LogP contribution in [-0.4, -0.2) is 33.4 Å². The summed E-state index contributed by atoms with van der Waals surface area (Å²) in [7, 11) is 0. The van der Waals surface area contributed by atoms with Crippen LogP contribution in [0.5, 0.6) is 0 Å². The lowest BCUT2D eigenvalue weighted by atomic mass is 10.1. The number of carboxylic acid groups (broad SMARTS) is 2. The molecule has 1 rings (SSSR count). The van der Waals surface area contributed by atoms with Crippen LogP contribution < -0.4 is 0 Å². The zero-order valence-corrected chi connectivity index (χ0v) is 7.39. The molecule has 0 saturated heterocycles. The maximum absolute atomic E-state index is 10.6. The van der Waals surface area contributed by atoms with Crippen LogP contribution in [0, 0.1) is 17.3 Å². The molecule has 0 bridgehead atoms. The Labute approximate surface area is 75.0 Å². The van der Waals surface area contributed by atoms with Crippen molar-refractivity contribution in [3.8, 4) is 0 Å². The van der Waals surface area contributed by atoms with Gasteiger partial charge in [0.25, 0.3) is 0 Å². The van der Waals surface area contributed by atoms with E-state index in [4.69, 9.17) is 15.3 Å². The molecule has 1 aliphatic rings. The number of rotatable bonds is 3. The average Bonchev–Trinajstić information content (AvgIpc) is 2.51. The molecule has 0 heterocycles. The lowest BCUT2D eigenvalue weighted by Gasteiger charge is -2.05. The second-order valence-electron chi connectivity index (χ2n) is 3.95. The number of hydrogen-bond donors (Lipinski definition) is 3. The van der Waals surface area contributed by atoms with E-state index in [1.807, 2.05) is 0 Å². The first-order valence-corrected chi connectivity index (χ1v) is 3.94. The predicted molar refractivity (Wildman–Crippen MR) is 42.0 cm³/mol. The third-order valence-corrected chi connectivity index (χ3v) is 2.77. The summed E-state index contributed by atoms with van der Waals surface area (Å²) in [5.41, 5.74) is -0.621. The average molecular weight is 188 g/mol. The maximum atomic E-state index is 10.6. The van der Waals surface area contributed by atoms with Crippen molar-refractivity contribution in [2.45, 2.75) is 20.0 Å². The van der Waals surface area contributed by atoms with Crippen molar-refractivity contribution in [3.05, 3.63) is 0 Å². The maximum Gasteiger partial charge on any atom is 0.332 e. The third kappa shape index (κ3) is 1.39. The van der Waals surface area contributed by atoms with Crippen molar-refractivity contribution in [3.63, 3.8) is 0 Å². The second kappa shape index (κ2) is 2.70. The van der Waals surface area contributed by atoms with Crippen molar-refractivity contribution in [1.29, 1.82) is 0 Å². The molecule has 0 amide bonds. The van der Waals surface area contributed by atoms with E-state index in [0.29, 0.717) is 0 Å². The zero-order valence-electron chi connectivity index (χ0n) is 7.39. The smallest absolute Gasteiger partial charge is 0.332 e. The molecule has 0 spiro atoms. The molecule has 13 heavy (non-hydrogen) atoms. The fourth-order valence-corrected chi connectivity index (χ4v) is 1.89. The first kappa shape index (κ1) is 9.98. The minimum Gasteiger partial charge on any atom is -0.481 e. The van der Waals surface area contributed by atoms with Crippen molar-refractivity contribution in [2.75, 3.05) is 0 Å². The van der Waals surface area contributed by atoms with E-state index in [1.165, 1.54) is 0 Å². The molecule has 0 aromatic rings. The normalized spacial score (nSPS) is 32.2. The number of carbonyl (C=O) groups is 2. The highest BCUT2D eigenvalue weighted by Gasteiger charge is 2.66. The Morgan fingerprint density at radius 1 is 1.31 bits per heavy atom. The van der Waals surface area contributed by atoms with Crippen LogP contribution in [0.2, 0.25) is 0 Å². The lowest BCUT2D eigenvalue weighted by molar-refractivity contribution is -0.148. The topological polar surface area (TPSA) is 94.8 Å². The molecule has 5 nitrogen and oxygen atoms in total. The van der Waals surface area contributed by atoms with Crippen molar-refractivity contribution < 1.29 is 24.9 Å². The quantitative estimate of drug-likeness (QED) is 0.569. The monoisotopic (exact) mass is 188 g/mol. The first-order chi connectivity index (χ1) is 5.80. The number of aliphatic carboxylic acids is 2. The summed E-state index contributed by atoms with van der Waals surface area (Å²) in [6.07, 6.45) is -1.57. The summed E-state index contributed by atoms with van der Waals surface area (Å²) in [5.74, 6) is -3.83. The van der Waals surface area contributed by atoms with Gasteiger partial charge in [-0.1, -0.05) is 13.8 Å². The predicted octanol–water partition coefficient (Wildman–Crippen LogP) is -0.211. The molecule has 3 N–H and O–H groups in total. The van der Waals surface area contributed by atoms with Gasteiger partial charge in [-0.2, -0.15) is 0 Å². The van der Waals surface area contributed by atoms with Crippen molar-refractivity contribution >= 4 is 11.9 Å². The summed E-state index contributed by atoms with van der Waals surface area (Å²) < 4.78 is 0. The molecule has 1 fully saturated rings. The first-order valence-electron chi connectivity index (χ1n) is 3.94. The van der Waals surface area contributed by atoms with Gasteiger partial charge in [-0.3, -0.25) is 4.79 Å². The number of aliphatic hydroxyl groups is 1. The van der Waals surface area contributed by atoms with Gasteiger partial charge in [0.1, 0.15) is 0 Å². The van der Waals surface area contributed by atoms with E-state index in [0.717, 1.165) is 0 Å². The van der Waals surface area contributed by atoms with E-state index < -0.39 is 35.3 Å². The molecule has 3 atom stereocenters. The number of aliphatic hydroxyl groups excluding tert-OH is 1. The molecule has 0 aromatic heterocycles. The minimum atomic E-state index is -1.57. The van der Waals surface area contributed by atoms with Crippen LogP contribution in [0.25, 0.3) is 0 Å². The summed E-state index contributed by atoms with van der Waals surface area (Å²) in [5, 5.41) is 26.3. The van der Waals surface area contributed by atoms with Crippen LogP contribution in [-0.2, 0) is 9.59 Å². The summed E-state index contributed by atoms with van der Waals surface area (Å²) in [4.78, 5) is 21.0. The summed E-state index contributed by atoms with van der Waals surface area (Å²) in [6.45, 7) is 3.28. The van der Waals surface area contributed by atoms with Crippen LogP contribution in [0.4, 0.5) is 0 Å². The Kier molecular flexibility index (Phi) is 2.07. The van der Waals surface area contributed by atoms with Crippen LogP contribution in [0.1, 0.15) is 13.8 Å². The second-order valence-corrected chi connectivity index (χ2v) is 3.95. The Hall–Kier alpha value is -1.10. The molecule has 0 aliphatic heterocycles. The van der Waals surface area contributed by atoms with Crippen LogP contribution >= 0.6 is 0 Å². The highest BCUT2D eigenvalue weighted by molar-refractivity contribution is 5.80. The zero-order chi connectivity index (χ0) is 10.4. The van der Waals surface area contributed by atoms with E-state index in [9.17, 15) is 9.59 Å². The van der Waals surface area contributed by atoms with Gasteiger partial charge in [0.2, 0.25) is 0 Å². The lowest BCUT2D eigenvalue weighted by Crippen LogP contribution is -2.24. The van der Waals surface area contributed by atoms with Crippen molar-refractivity contribution in [2.24, 2.45) is 17.3 Å². The Balaban J connectivity index is 2.76. The highest BCUT2D eigenvalue weighted by atomic mass is 16.4. The fourth-order valence-electron chi connectivity index (χ4n) is 1.89. The van der Waals surface area contributed by atoms with Gasteiger partial charge < -0.3 is 15.3 Å². The molecule has 0 aromatic carbocycles.